The second kappa shape index (κ2) is 11.6. The van der Waals surface area contributed by atoms with E-state index in [9.17, 15) is 17.6 Å². The summed E-state index contributed by atoms with van der Waals surface area (Å²) in [5.41, 5.74) is 1.25. The van der Waals surface area contributed by atoms with Crippen LogP contribution in [0.4, 0.5) is 10.1 Å². The van der Waals surface area contributed by atoms with Crippen LogP contribution in [0.15, 0.2) is 65.6 Å². The van der Waals surface area contributed by atoms with Gasteiger partial charge in [-0.2, -0.15) is 14.1 Å². The van der Waals surface area contributed by atoms with Crippen molar-refractivity contribution in [1.29, 1.82) is 0 Å². The van der Waals surface area contributed by atoms with E-state index in [1.807, 2.05) is 30.0 Å². The minimum absolute atomic E-state index is 0.149. The lowest BCUT2D eigenvalue weighted by Crippen LogP contribution is -2.49. The van der Waals surface area contributed by atoms with Gasteiger partial charge in [-0.1, -0.05) is 30.3 Å². The summed E-state index contributed by atoms with van der Waals surface area (Å²) in [5, 5.41) is 4.35. The Morgan fingerprint density at radius 3 is 2.33 bits per heavy atom. The second-order valence-electron chi connectivity index (χ2n) is 8.23. The van der Waals surface area contributed by atoms with Crippen molar-refractivity contribution in [1.82, 2.24) is 14.1 Å². The van der Waals surface area contributed by atoms with E-state index < -0.39 is 21.4 Å². The number of rotatable bonds is 10. The number of ether oxygens (including phenoxy) is 2. The lowest BCUT2D eigenvalue weighted by Gasteiger charge is -2.35. The van der Waals surface area contributed by atoms with Crippen molar-refractivity contribution in [3.63, 3.8) is 0 Å². The molecule has 0 spiro atoms. The fourth-order valence-corrected chi connectivity index (χ4v) is 5.50. The van der Waals surface area contributed by atoms with Crippen molar-refractivity contribution in [2.24, 2.45) is 0 Å². The minimum atomic E-state index is -3.58. The van der Waals surface area contributed by atoms with Crippen molar-refractivity contribution in [2.45, 2.75) is 12.7 Å². The molecule has 192 valence electrons. The number of hydrogen-bond donors (Lipinski definition) is 0. The number of sulfonamides is 1. The van der Waals surface area contributed by atoms with Crippen molar-refractivity contribution in [3.8, 4) is 11.4 Å². The van der Waals surface area contributed by atoms with Crippen LogP contribution >= 0.6 is 0 Å². The molecule has 11 heteroatoms. The van der Waals surface area contributed by atoms with Crippen molar-refractivity contribution in [2.75, 3.05) is 50.9 Å². The average Bonchev–Trinajstić information content (AvgIpc) is 2.89. The van der Waals surface area contributed by atoms with E-state index in [0.29, 0.717) is 43.2 Å². The third-order valence-electron chi connectivity index (χ3n) is 5.83. The molecule has 0 unspecified atom stereocenters. The van der Waals surface area contributed by atoms with Gasteiger partial charge in [0.05, 0.1) is 24.2 Å². The van der Waals surface area contributed by atoms with Crippen LogP contribution in [0.1, 0.15) is 12.5 Å². The zero-order valence-electron chi connectivity index (χ0n) is 20.0. The Morgan fingerprint density at radius 2 is 1.67 bits per heavy atom. The highest BCUT2D eigenvalue weighted by molar-refractivity contribution is 7.88. The highest BCUT2D eigenvalue weighted by Gasteiger charge is 2.29. The summed E-state index contributed by atoms with van der Waals surface area (Å²) in [6, 6.07) is 14.5. The number of aromatic nitrogens is 2. The molecule has 0 radical (unpaired) electrons. The molecule has 1 fully saturated rings. The highest BCUT2D eigenvalue weighted by atomic mass is 32.2. The summed E-state index contributed by atoms with van der Waals surface area (Å²) in [5.74, 6) is -0.462. The molecule has 3 aromatic rings. The van der Waals surface area contributed by atoms with Crippen LogP contribution in [-0.2, 0) is 20.5 Å². The Balaban J connectivity index is 1.52. The number of nitrogens with zero attached hydrogens (tertiary/aromatic N) is 4. The van der Waals surface area contributed by atoms with E-state index in [1.54, 1.807) is 18.3 Å². The standard InChI is InChI=1S/C25H29FN4O5S/c1-2-34-16-17-35-24-23(18-27-30(25(24)31)22-6-4-3-5-7-22)28-12-14-29(15-13-28)36(32,33)19-20-8-10-21(26)11-9-20/h3-11,18H,2,12-17,19H2,1H3. The van der Waals surface area contributed by atoms with Crippen LogP contribution in [0.2, 0.25) is 0 Å². The predicted molar refractivity (Wildman–Crippen MR) is 135 cm³/mol. The SMILES string of the molecule is CCOCCOc1c(N2CCN(S(=O)(=O)Cc3ccc(F)cc3)CC2)cnn(-c2ccccc2)c1=O. The first-order chi connectivity index (χ1) is 17.4. The van der Waals surface area contributed by atoms with E-state index in [2.05, 4.69) is 5.10 Å². The molecule has 1 aliphatic heterocycles. The van der Waals surface area contributed by atoms with Crippen LogP contribution in [0.25, 0.3) is 5.69 Å². The molecule has 0 saturated carbocycles. The monoisotopic (exact) mass is 516 g/mol. The number of hydrogen-bond acceptors (Lipinski definition) is 7. The van der Waals surface area contributed by atoms with E-state index in [-0.39, 0.29) is 31.2 Å². The van der Waals surface area contributed by atoms with Crippen molar-refractivity contribution in [3.05, 3.63) is 82.5 Å². The predicted octanol–water partition coefficient (Wildman–Crippen LogP) is 2.44. The van der Waals surface area contributed by atoms with Crippen LogP contribution in [0.3, 0.4) is 0 Å². The molecule has 1 saturated heterocycles. The molecule has 2 heterocycles. The molecule has 4 rings (SSSR count). The molecule has 0 amide bonds. The first-order valence-electron chi connectivity index (χ1n) is 11.7. The van der Waals surface area contributed by atoms with Gasteiger partial charge in [-0.05, 0) is 36.8 Å². The van der Waals surface area contributed by atoms with Crippen molar-refractivity contribution >= 4 is 15.7 Å². The zero-order chi connectivity index (χ0) is 25.5. The zero-order valence-corrected chi connectivity index (χ0v) is 20.9. The molecule has 0 atom stereocenters. The topological polar surface area (TPSA) is 94.0 Å². The van der Waals surface area contributed by atoms with E-state index in [1.165, 1.54) is 33.3 Å². The summed E-state index contributed by atoms with van der Waals surface area (Å²) in [6.45, 7) is 4.15. The van der Waals surface area contributed by atoms with Gasteiger partial charge in [0, 0.05) is 32.8 Å². The third-order valence-corrected chi connectivity index (χ3v) is 7.68. The van der Waals surface area contributed by atoms with Gasteiger partial charge in [0.2, 0.25) is 15.8 Å². The Morgan fingerprint density at radius 1 is 0.972 bits per heavy atom. The molecule has 36 heavy (non-hydrogen) atoms. The quantitative estimate of drug-likeness (QED) is 0.382. The normalized spacial score (nSPS) is 14.7. The molecule has 1 aliphatic rings. The number of piperazine rings is 1. The first kappa shape index (κ1) is 25.8. The van der Waals surface area contributed by atoms with Gasteiger partial charge in [-0.3, -0.25) is 4.79 Å². The summed E-state index contributed by atoms with van der Waals surface area (Å²) >= 11 is 0. The minimum Gasteiger partial charge on any atom is -0.484 e. The first-order valence-corrected chi connectivity index (χ1v) is 13.4. The van der Waals surface area contributed by atoms with Crippen molar-refractivity contribution < 1.29 is 22.3 Å². The largest absolute Gasteiger partial charge is 0.484 e. The van der Waals surface area contributed by atoms with Crippen LogP contribution in [0, 0.1) is 5.82 Å². The third kappa shape index (κ3) is 6.10. The number of halogens is 1. The fourth-order valence-electron chi connectivity index (χ4n) is 3.98. The molecular weight excluding hydrogens is 487 g/mol. The lowest BCUT2D eigenvalue weighted by molar-refractivity contribution is 0.109. The van der Waals surface area contributed by atoms with Crippen LogP contribution < -0.4 is 15.2 Å². The van der Waals surface area contributed by atoms with Gasteiger partial charge in [-0.15, -0.1) is 0 Å². The maximum absolute atomic E-state index is 13.3. The Labute approximate surface area is 209 Å². The smallest absolute Gasteiger partial charge is 0.316 e. The number of para-hydroxylation sites is 1. The van der Waals surface area contributed by atoms with Gasteiger partial charge in [-0.25, -0.2) is 12.8 Å². The Bertz CT molecular complexity index is 1310. The maximum Gasteiger partial charge on any atom is 0.316 e. The fraction of sp³-hybridized carbons (Fsp3) is 0.360. The maximum atomic E-state index is 13.3. The van der Waals surface area contributed by atoms with Crippen LogP contribution in [0.5, 0.6) is 5.75 Å². The van der Waals surface area contributed by atoms with Gasteiger partial charge in [0.25, 0.3) is 0 Å². The average molecular weight is 517 g/mol. The van der Waals surface area contributed by atoms with E-state index >= 15 is 0 Å². The molecule has 9 nitrogen and oxygen atoms in total. The molecule has 2 aromatic carbocycles. The van der Waals surface area contributed by atoms with E-state index in [0.717, 1.165) is 0 Å². The summed E-state index contributed by atoms with van der Waals surface area (Å²) in [6.07, 6.45) is 1.58. The Hall–Kier alpha value is -3.28. The second-order valence-corrected chi connectivity index (χ2v) is 10.2. The summed E-state index contributed by atoms with van der Waals surface area (Å²) in [7, 11) is -3.58. The van der Waals surface area contributed by atoms with Gasteiger partial charge >= 0.3 is 5.56 Å². The van der Waals surface area contributed by atoms with Gasteiger partial charge < -0.3 is 14.4 Å². The number of benzene rings is 2. The Kier molecular flexibility index (Phi) is 8.34. The molecule has 0 bridgehead atoms. The van der Waals surface area contributed by atoms with Gasteiger partial charge in [0.1, 0.15) is 18.1 Å². The summed E-state index contributed by atoms with van der Waals surface area (Å²) in [4.78, 5) is 15.2. The van der Waals surface area contributed by atoms with E-state index in [4.69, 9.17) is 9.47 Å². The summed E-state index contributed by atoms with van der Waals surface area (Å²) < 4.78 is 52.9. The molecule has 1 aromatic heterocycles. The molecule has 0 N–H and O–H groups in total. The molecule has 0 aliphatic carbocycles. The van der Waals surface area contributed by atoms with Crippen LogP contribution in [-0.4, -0.2) is 68.5 Å². The molecular formula is C25H29FN4O5S. The highest BCUT2D eigenvalue weighted by Crippen LogP contribution is 2.26. The lowest BCUT2D eigenvalue weighted by atomic mass is 10.2. The van der Waals surface area contributed by atoms with Gasteiger partial charge in [0.15, 0.2) is 0 Å². The number of anilines is 1.